The maximum atomic E-state index is 11.0. The number of hydrogen-bond donors (Lipinski definition) is 0. The van der Waals surface area contributed by atoms with Gasteiger partial charge in [0.05, 0.1) is 5.54 Å². The zero-order chi connectivity index (χ0) is 10.8. The lowest BCUT2D eigenvalue weighted by atomic mass is 9.85. The van der Waals surface area contributed by atoms with Crippen molar-refractivity contribution in [3.8, 4) is 0 Å². The standard InChI is InChI=1S/C12H23NO/c1-10-6-5-7-11(8-10)13(4)12(2,3)9-14/h9-11H,5-8H2,1-4H3. The molecule has 0 aliphatic heterocycles. The normalized spacial score (nSPS) is 29.2. The van der Waals surface area contributed by atoms with Crippen molar-refractivity contribution in [2.75, 3.05) is 7.05 Å². The Morgan fingerprint density at radius 2 is 2.00 bits per heavy atom. The smallest absolute Gasteiger partial charge is 0.139 e. The van der Waals surface area contributed by atoms with E-state index >= 15 is 0 Å². The minimum absolute atomic E-state index is 0.304. The quantitative estimate of drug-likeness (QED) is 0.648. The lowest BCUT2D eigenvalue weighted by Crippen LogP contribution is -2.49. The number of aldehydes is 1. The Bertz CT molecular complexity index is 200. The van der Waals surface area contributed by atoms with E-state index in [0.717, 1.165) is 12.2 Å². The topological polar surface area (TPSA) is 20.3 Å². The van der Waals surface area contributed by atoms with Crippen LogP contribution in [-0.4, -0.2) is 29.8 Å². The Hall–Kier alpha value is -0.370. The third kappa shape index (κ3) is 2.57. The predicted octanol–water partition coefficient (Wildman–Crippen LogP) is 2.47. The second-order valence-electron chi connectivity index (χ2n) is 5.31. The van der Waals surface area contributed by atoms with E-state index in [1.165, 1.54) is 25.7 Å². The number of nitrogens with zero attached hydrogens (tertiary/aromatic N) is 1. The molecule has 82 valence electrons. The van der Waals surface area contributed by atoms with Gasteiger partial charge < -0.3 is 4.79 Å². The maximum Gasteiger partial charge on any atom is 0.139 e. The fraction of sp³-hybridized carbons (Fsp3) is 0.917. The van der Waals surface area contributed by atoms with Gasteiger partial charge in [-0.3, -0.25) is 4.90 Å². The van der Waals surface area contributed by atoms with Gasteiger partial charge >= 0.3 is 0 Å². The Morgan fingerprint density at radius 1 is 1.36 bits per heavy atom. The molecule has 1 aliphatic rings. The van der Waals surface area contributed by atoms with Crippen LogP contribution in [0.4, 0.5) is 0 Å². The summed E-state index contributed by atoms with van der Waals surface area (Å²) in [7, 11) is 2.08. The number of likely N-dealkylation sites (N-methyl/N-ethyl adjacent to an activating group) is 1. The van der Waals surface area contributed by atoms with Crippen molar-refractivity contribution in [1.82, 2.24) is 4.90 Å². The van der Waals surface area contributed by atoms with Crippen LogP contribution < -0.4 is 0 Å². The SMILES string of the molecule is CC1CCCC(N(C)C(C)(C)C=O)C1. The molecule has 2 nitrogen and oxygen atoms in total. The van der Waals surface area contributed by atoms with Crippen LogP contribution in [0.5, 0.6) is 0 Å². The third-order valence-electron chi connectivity index (χ3n) is 3.65. The molecule has 0 aromatic heterocycles. The summed E-state index contributed by atoms with van der Waals surface area (Å²) in [5.41, 5.74) is -0.304. The first kappa shape index (κ1) is 11.7. The molecule has 0 bridgehead atoms. The van der Waals surface area contributed by atoms with Gasteiger partial charge in [-0.15, -0.1) is 0 Å². The zero-order valence-corrected chi connectivity index (χ0v) is 9.92. The van der Waals surface area contributed by atoms with Crippen molar-refractivity contribution in [2.45, 2.75) is 58.0 Å². The minimum atomic E-state index is -0.304. The van der Waals surface area contributed by atoms with Gasteiger partial charge in [0.2, 0.25) is 0 Å². The van der Waals surface area contributed by atoms with Crippen LogP contribution in [0, 0.1) is 5.92 Å². The van der Waals surface area contributed by atoms with E-state index < -0.39 is 0 Å². The summed E-state index contributed by atoms with van der Waals surface area (Å²) in [5, 5.41) is 0. The van der Waals surface area contributed by atoms with Crippen LogP contribution in [0.2, 0.25) is 0 Å². The highest BCUT2D eigenvalue weighted by Crippen LogP contribution is 2.29. The largest absolute Gasteiger partial charge is 0.301 e. The molecular formula is C12H23NO. The highest BCUT2D eigenvalue weighted by Gasteiger charge is 2.31. The summed E-state index contributed by atoms with van der Waals surface area (Å²) in [5.74, 6) is 0.818. The second-order valence-corrected chi connectivity index (χ2v) is 5.31. The average molecular weight is 197 g/mol. The molecule has 0 aromatic carbocycles. The van der Waals surface area contributed by atoms with E-state index in [1.54, 1.807) is 0 Å². The molecule has 1 fully saturated rings. The van der Waals surface area contributed by atoms with Gasteiger partial charge in [-0.2, -0.15) is 0 Å². The van der Waals surface area contributed by atoms with Gasteiger partial charge in [-0.25, -0.2) is 0 Å². The first-order valence-electron chi connectivity index (χ1n) is 5.66. The third-order valence-corrected chi connectivity index (χ3v) is 3.65. The molecule has 1 rings (SSSR count). The summed E-state index contributed by atoms with van der Waals surface area (Å²) in [4.78, 5) is 13.2. The highest BCUT2D eigenvalue weighted by atomic mass is 16.1. The monoisotopic (exact) mass is 197 g/mol. The second kappa shape index (κ2) is 4.43. The molecule has 0 N–H and O–H groups in total. The summed E-state index contributed by atoms with van der Waals surface area (Å²) in [6.45, 7) is 6.31. The summed E-state index contributed by atoms with van der Waals surface area (Å²) in [6, 6.07) is 0.596. The molecule has 0 heterocycles. The summed E-state index contributed by atoms with van der Waals surface area (Å²) >= 11 is 0. The van der Waals surface area contributed by atoms with Gasteiger partial charge in [-0.05, 0) is 39.7 Å². The molecular weight excluding hydrogens is 174 g/mol. The molecule has 2 unspecified atom stereocenters. The van der Waals surface area contributed by atoms with Gasteiger partial charge in [0, 0.05) is 6.04 Å². The first-order chi connectivity index (χ1) is 6.47. The van der Waals surface area contributed by atoms with Crippen LogP contribution in [0.25, 0.3) is 0 Å². The number of carbonyl (C=O) groups is 1. The molecule has 0 amide bonds. The highest BCUT2D eigenvalue weighted by molar-refractivity contribution is 5.62. The van der Waals surface area contributed by atoms with Crippen molar-refractivity contribution in [3.05, 3.63) is 0 Å². The van der Waals surface area contributed by atoms with E-state index in [-0.39, 0.29) is 5.54 Å². The molecule has 2 atom stereocenters. The Kier molecular flexibility index (Phi) is 3.71. The number of rotatable bonds is 3. The average Bonchev–Trinajstić information content (AvgIpc) is 2.16. The van der Waals surface area contributed by atoms with Crippen molar-refractivity contribution >= 4 is 6.29 Å². The zero-order valence-electron chi connectivity index (χ0n) is 9.92. The van der Waals surface area contributed by atoms with Crippen molar-refractivity contribution in [1.29, 1.82) is 0 Å². The van der Waals surface area contributed by atoms with Gasteiger partial charge in [0.1, 0.15) is 6.29 Å². The summed E-state index contributed by atoms with van der Waals surface area (Å²) < 4.78 is 0. The molecule has 0 aromatic rings. The fourth-order valence-electron chi connectivity index (χ4n) is 2.31. The van der Waals surface area contributed by atoms with E-state index in [9.17, 15) is 4.79 Å². The molecule has 1 aliphatic carbocycles. The lowest BCUT2D eigenvalue weighted by molar-refractivity contribution is -0.118. The number of carbonyl (C=O) groups excluding carboxylic acids is 1. The van der Waals surface area contributed by atoms with Crippen LogP contribution >= 0.6 is 0 Å². The van der Waals surface area contributed by atoms with Crippen molar-refractivity contribution < 1.29 is 4.79 Å². The molecule has 1 saturated carbocycles. The predicted molar refractivity (Wildman–Crippen MR) is 59.3 cm³/mol. The van der Waals surface area contributed by atoms with Gasteiger partial charge in [0.15, 0.2) is 0 Å². The van der Waals surface area contributed by atoms with E-state index in [1.807, 2.05) is 13.8 Å². The van der Waals surface area contributed by atoms with Crippen molar-refractivity contribution in [2.24, 2.45) is 5.92 Å². The lowest BCUT2D eigenvalue weighted by Gasteiger charge is -2.41. The molecule has 14 heavy (non-hydrogen) atoms. The Balaban J connectivity index is 2.59. The minimum Gasteiger partial charge on any atom is -0.301 e. The van der Waals surface area contributed by atoms with E-state index in [0.29, 0.717) is 6.04 Å². The molecule has 0 radical (unpaired) electrons. The summed E-state index contributed by atoms with van der Waals surface area (Å²) in [6.07, 6.45) is 6.22. The Labute approximate surface area is 87.7 Å². The van der Waals surface area contributed by atoms with E-state index in [2.05, 4.69) is 18.9 Å². The van der Waals surface area contributed by atoms with Gasteiger partial charge in [-0.1, -0.05) is 19.8 Å². The fourth-order valence-corrected chi connectivity index (χ4v) is 2.31. The van der Waals surface area contributed by atoms with Crippen LogP contribution in [0.3, 0.4) is 0 Å². The maximum absolute atomic E-state index is 11.0. The van der Waals surface area contributed by atoms with Gasteiger partial charge in [0.25, 0.3) is 0 Å². The van der Waals surface area contributed by atoms with E-state index in [4.69, 9.17) is 0 Å². The molecule has 2 heteroatoms. The molecule has 0 spiro atoms. The Morgan fingerprint density at radius 3 is 2.50 bits per heavy atom. The van der Waals surface area contributed by atoms with Crippen LogP contribution in [0.1, 0.15) is 46.5 Å². The van der Waals surface area contributed by atoms with Crippen LogP contribution in [0.15, 0.2) is 0 Å². The van der Waals surface area contributed by atoms with Crippen molar-refractivity contribution in [3.63, 3.8) is 0 Å². The van der Waals surface area contributed by atoms with Crippen LogP contribution in [-0.2, 0) is 4.79 Å². The first-order valence-corrected chi connectivity index (χ1v) is 5.66. The number of hydrogen-bond acceptors (Lipinski definition) is 2. The molecule has 0 saturated heterocycles.